The second-order valence-electron chi connectivity index (χ2n) is 3.67. The Balaban J connectivity index is 2.83. The first kappa shape index (κ1) is 13.0. The molecule has 1 rings (SSSR count). The molecule has 7 heteroatoms. The van der Waals surface area contributed by atoms with E-state index in [1.807, 2.05) is 6.92 Å². The van der Waals surface area contributed by atoms with E-state index in [9.17, 15) is 8.78 Å². The molecule has 0 aromatic carbocycles. The molecular weight excluding hydrogens is 218 g/mol. The number of rotatable bonds is 6. The Morgan fingerprint density at radius 3 is 2.69 bits per heavy atom. The van der Waals surface area contributed by atoms with Crippen molar-refractivity contribution in [2.45, 2.75) is 26.4 Å². The average molecular weight is 234 g/mol. The molecule has 92 valence electrons. The summed E-state index contributed by atoms with van der Waals surface area (Å²) in [5.74, 6) is 0.0924. The minimum absolute atomic E-state index is 0.0294. The second-order valence-corrected chi connectivity index (χ2v) is 3.67. The molecule has 0 saturated heterocycles. The summed E-state index contributed by atoms with van der Waals surface area (Å²) in [6, 6.07) is 0. The maximum atomic E-state index is 12.8. The lowest BCUT2D eigenvalue weighted by Crippen LogP contribution is -2.16. The van der Waals surface area contributed by atoms with Crippen LogP contribution in [0, 0.1) is 5.92 Å². The van der Waals surface area contributed by atoms with Gasteiger partial charge in [0.1, 0.15) is 11.4 Å². The van der Waals surface area contributed by atoms with Crippen molar-refractivity contribution in [3.8, 4) is 0 Å². The summed E-state index contributed by atoms with van der Waals surface area (Å²) in [5, 5.41) is 7.32. The van der Waals surface area contributed by atoms with Crippen LogP contribution in [-0.2, 0) is 17.8 Å². The van der Waals surface area contributed by atoms with Crippen LogP contribution in [0.5, 0.6) is 0 Å². The van der Waals surface area contributed by atoms with Crippen LogP contribution in [-0.4, -0.2) is 28.7 Å². The van der Waals surface area contributed by atoms with Gasteiger partial charge in [0.2, 0.25) is 0 Å². The molecule has 0 radical (unpaired) electrons. The van der Waals surface area contributed by atoms with Crippen LogP contribution in [0.25, 0.3) is 0 Å². The summed E-state index contributed by atoms with van der Waals surface area (Å²) >= 11 is 0. The maximum Gasteiger partial charge on any atom is 0.281 e. The summed E-state index contributed by atoms with van der Waals surface area (Å²) in [7, 11) is 1.57. The van der Waals surface area contributed by atoms with Crippen LogP contribution in [0.4, 0.5) is 8.78 Å². The summed E-state index contributed by atoms with van der Waals surface area (Å²) in [6.45, 7) is 2.70. The van der Waals surface area contributed by atoms with Crippen molar-refractivity contribution in [1.29, 1.82) is 0 Å². The van der Waals surface area contributed by atoms with Crippen LogP contribution in [0.2, 0.25) is 0 Å². The van der Waals surface area contributed by atoms with Gasteiger partial charge in [-0.2, -0.15) is 0 Å². The monoisotopic (exact) mass is 234 g/mol. The fourth-order valence-electron chi connectivity index (χ4n) is 1.51. The van der Waals surface area contributed by atoms with Crippen LogP contribution in [0.15, 0.2) is 0 Å². The van der Waals surface area contributed by atoms with E-state index in [1.165, 1.54) is 4.68 Å². The molecule has 0 bridgehead atoms. The lowest BCUT2D eigenvalue weighted by Gasteiger charge is -2.12. The predicted octanol–water partition coefficient (Wildman–Crippen LogP) is 0.957. The molecule has 0 aliphatic heterocycles. The van der Waals surface area contributed by atoms with Gasteiger partial charge in [-0.3, -0.25) is 0 Å². The summed E-state index contributed by atoms with van der Waals surface area (Å²) in [6.07, 6.45) is -2.61. The van der Waals surface area contributed by atoms with Crippen molar-refractivity contribution in [3.05, 3.63) is 11.4 Å². The van der Waals surface area contributed by atoms with Crippen molar-refractivity contribution in [2.75, 3.05) is 13.7 Å². The third-order valence-corrected chi connectivity index (χ3v) is 2.18. The normalized spacial score (nSPS) is 13.4. The van der Waals surface area contributed by atoms with Crippen molar-refractivity contribution in [2.24, 2.45) is 11.7 Å². The quantitative estimate of drug-likeness (QED) is 0.796. The van der Waals surface area contributed by atoms with E-state index < -0.39 is 6.43 Å². The molecule has 1 atom stereocenters. The molecule has 5 nitrogen and oxygen atoms in total. The van der Waals surface area contributed by atoms with Gasteiger partial charge in [0, 0.05) is 20.2 Å². The molecule has 0 aliphatic rings. The molecule has 0 aliphatic carbocycles. The van der Waals surface area contributed by atoms with Gasteiger partial charge in [-0.05, 0) is 5.92 Å². The van der Waals surface area contributed by atoms with Crippen molar-refractivity contribution < 1.29 is 13.5 Å². The minimum Gasteiger partial charge on any atom is -0.384 e. The van der Waals surface area contributed by atoms with Crippen molar-refractivity contribution in [3.63, 3.8) is 0 Å². The van der Waals surface area contributed by atoms with E-state index in [0.29, 0.717) is 13.2 Å². The highest BCUT2D eigenvalue weighted by Crippen LogP contribution is 2.21. The summed E-state index contributed by atoms with van der Waals surface area (Å²) in [4.78, 5) is 0. The number of alkyl halides is 2. The number of nitrogens with zero attached hydrogens (tertiary/aromatic N) is 3. The van der Waals surface area contributed by atoms with Gasteiger partial charge < -0.3 is 10.5 Å². The number of nitrogens with two attached hydrogens (primary N) is 1. The summed E-state index contributed by atoms with van der Waals surface area (Å²) < 4.78 is 31.7. The molecule has 1 aromatic rings. The zero-order valence-corrected chi connectivity index (χ0v) is 9.36. The number of hydrogen-bond donors (Lipinski definition) is 1. The standard InChI is InChI=1S/C9H16F2N4O/c1-6(5-16-2)4-15-8(9(10)11)7(3-12)13-14-15/h6,9H,3-5,12H2,1-2H3. The largest absolute Gasteiger partial charge is 0.384 e. The number of aromatic nitrogens is 3. The Morgan fingerprint density at radius 1 is 1.50 bits per heavy atom. The highest BCUT2D eigenvalue weighted by molar-refractivity contribution is 5.11. The number of methoxy groups -OCH3 is 1. The molecular formula is C9H16F2N4O. The third-order valence-electron chi connectivity index (χ3n) is 2.18. The molecule has 1 heterocycles. The van der Waals surface area contributed by atoms with Gasteiger partial charge in [0.25, 0.3) is 6.43 Å². The second kappa shape index (κ2) is 5.86. The van der Waals surface area contributed by atoms with Crippen molar-refractivity contribution >= 4 is 0 Å². The topological polar surface area (TPSA) is 66.0 Å². The SMILES string of the molecule is COCC(C)Cn1nnc(CN)c1C(F)F. The van der Waals surface area contributed by atoms with E-state index in [2.05, 4.69) is 10.3 Å². The molecule has 1 unspecified atom stereocenters. The van der Waals surface area contributed by atoms with Gasteiger partial charge in [0.05, 0.1) is 6.61 Å². The van der Waals surface area contributed by atoms with E-state index in [-0.39, 0.29) is 23.9 Å². The third kappa shape index (κ3) is 2.96. The molecule has 1 aromatic heterocycles. The molecule has 0 saturated carbocycles. The highest BCUT2D eigenvalue weighted by Gasteiger charge is 2.21. The van der Waals surface area contributed by atoms with Gasteiger partial charge >= 0.3 is 0 Å². The Labute approximate surface area is 92.6 Å². The molecule has 0 amide bonds. The van der Waals surface area contributed by atoms with Crippen LogP contribution in [0.1, 0.15) is 24.7 Å². The number of ether oxygens (including phenoxy) is 1. The predicted molar refractivity (Wildman–Crippen MR) is 53.9 cm³/mol. The average Bonchev–Trinajstić information content (AvgIpc) is 2.61. The lowest BCUT2D eigenvalue weighted by atomic mass is 10.2. The van der Waals surface area contributed by atoms with E-state index in [0.717, 1.165) is 0 Å². The van der Waals surface area contributed by atoms with Gasteiger partial charge in [-0.15, -0.1) is 5.10 Å². The number of halogens is 2. The Morgan fingerprint density at radius 2 is 2.19 bits per heavy atom. The summed E-state index contributed by atoms with van der Waals surface area (Å²) in [5.41, 5.74) is 5.28. The Bertz CT molecular complexity index is 329. The Hall–Kier alpha value is -1.08. The molecule has 0 spiro atoms. The minimum atomic E-state index is -2.61. The first-order valence-electron chi connectivity index (χ1n) is 4.99. The zero-order valence-electron chi connectivity index (χ0n) is 9.36. The highest BCUT2D eigenvalue weighted by atomic mass is 19.3. The van der Waals surface area contributed by atoms with Gasteiger partial charge in [0.15, 0.2) is 0 Å². The fraction of sp³-hybridized carbons (Fsp3) is 0.778. The van der Waals surface area contributed by atoms with Crippen LogP contribution >= 0.6 is 0 Å². The fourth-order valence-corrected chi connectivity index (χ4v) is 1.51. The molecule has 2 N–H and O–H groups in total. The lowest BCUT2D eigenvalue weighted by molar-refractivity contribution is 0.125. The van der Waals surface area contributed by atoms with Crippen LogP contribution in [0.3, 0.4) is 0 Å². The smallest absolute Gasteiger partial charge is 0.281 e. The van der Waals surface area contributed by atoms with Crippen LogP contribution < -0.4 is 5.73 Å². The molecule has 16 heavy (non-hydrogen) atoms. The van der Waals surface area contributed by atoms with E-state index in [1.54, 1.807) is 7.11 Å². The Kier molecular flexibility index (Phi) is 4.75. The number of hydrogen-bond acceptors (Lipinski definition) is 4. The first-order chi connectivity index (χ1) is 7.60. The zero-order chi connectivity index (χ0) is 12.1. The van der Waals surface area contributed by atoms with Gasteiger partial charge in [-0.1, -0.05) is 12.1 Å². The maximum absolute atomic E-state index is 12.8. The first-order valence-corrected chi connectivity index (χ1v) is 4.99. The van der Waals surface area contributed by atoms with Crippen molar-refractivity contribution in [1.82, 2.24) is 15.0 Å². The molecule has 0 fully saturated rings. The van der Waals surface area contributed by atoms with E-state index >= 15 is 0 Å². The van der Waals surface area contributed by atoms with E-state index in [4.69, 9.17) is 10.5 Å². The van der Waals surface area contributed by atoms with Gasteiger partial charge in [-0.25, -0.2) is 13.5 Å².